The third kappa shape index (κ3) is 3.94. The SMILES string of the molecule is O=C(NC[C@H]1CS1)C(=O)Nc1cccc(Cl)c1. The molecule has 1 saturated heterocycles. The van der Waals surface area contributed by atoms with Crippen molar-refractivity contribution < 1.29 is 9.59 Å². The molecule has 2 rings (SSSR count). The maximum atomic E-state index is 11.5. The second kappa shape index (κ2) is 5.42. The Bertz CT molecular complexity index is 449. The van der Waals surface area contributed by atoms with Gasteiger partial charge in [-0.25, -0.2) is 0 Å². The summed E-state index contributed by atoms with van der Waals surface area (Å²) in [5.74, 6) is -0.230. The van der Waals surface area contributed by atoms with Crippen molar-refractivity contribution in [3.63, 3.8) is 0 Å². The van der Waals surface area contributed by atoms with Crippen molar-refractivity contribution in [2.45, 2.75) is 5.25 Å². The van der Waals surface area contributed by atoms with E-state index in [2.05, 4.69) is 10.6 Å². The van der Waals surface area contributed by atoms with Crippen molar-refractivity contribution in [2.75, 3.05) is 17.6 Å². The van der Waals surface area contributed by atoms with E-state index in [1.54, 1.807) is 36.0 Å². The maximum absolute atomic E-state index is 11.5. The maximum Gasteiger partial charge on any atom is 0.313 e. The van der Waals surface area contributed by atoms with Crippen LogP contribution in [0.4, 0.5) is 5.69 Å². The third-order valence-electron chi connectivity index (χ3n) is 2.18. The zero-order valence-corrected chi connectivity index (χ0v) is 10.5. The summed E-state index contributed by atoms with van der Waals surface area (Å²) in [6.07, 6.45) is 0. The predicted molar refractivity (Wildman–Crippen MR) is 69.3 cm³/mol. The zero-order chi connectivity index (χ0) is 12.3. The van der Waals surface area contributed by atoms with E-state index in [4.69, 9.17) is 11.6 Å². The van der Waals surface area contributed by atoms with Crippen LogP contribution in [0.5, 0.6) is 0 Å². The molecule has 4 nitrogen and oxygen atoms in total. The summed E-state index contributed by atoms with van der Waals surface area (Å²) in [6, 6.07) is 6.66. The largest absolute Gasteiger partial charge is 0.347 e. The van der Waals surface area contributed by atoms with Crippen LogP contribution in [0.15, 0.2) is 24.3 Å². The highest BCUT2D eigenvalue weighted by molar-refractivity contribution is 8.06. The average Bonchev–Trinajstić information content (AvgIpc) is 3.09. The molecule has 17 heavy (non-hydrogen) atoms. The van der Waals surface area contributed by atoms with Crippen LogP contribution in [0.3, 0.4) is 0 Å². The van der Waals surface area contributed by atoms with Gasteiger partial charge < -0.3 is 10.6 Å². The number of nitrogens with one attached hydrogen (secondary N) is 2. The first-order chi connectivity index (χ1) is 8.15. The van der Waals surface area contributed by atoms with Gasteiger partial charge in [0.05, 0.1) is 0 Å². The summed E-state index contributed by atoms with van der Waals surface area (Å²) in [5.41, 5.74) is 0.512. The molecule has 1 atom stereocenters. The van der Waals surface area contributed by atoms with Crippen molar-refractivity contribution in [1.82, 2.24) is 5.32 Å². The van der Waals surface area contributed by atoms with Crippen molar-refractivity contribution in [3.8, 4) is 0 Å². The Morgan fingerprint density at radius 2 is 2.18 bits per heavy atom. The van der Waals surface area contributed by atoms with Crippen LogP contribution in [0.1, 0.15) is 0 Å². The van der Waals surface area contributed by atoms with Crippen LogP contribution in [0.25, 0.3) is 0 Å². The Kier molecular flexibility index (Phi) is 3.91. The molecule has 1 aromatic rings. The molecular weight excluding hydrogens is 260 g/mol. The third-order valence-corrected chi connectivity index (χ3v) is 3.39. The lowest BCUT2D eigenvalue weighted by molar-refractivity contribution is -0.136. The molecule has 0 aromatic heterocycles. The Morgan fingerprint density at radius 1 is 1.41 bits per heavy atom. The number of rotatable bonds is 3. The first kappa shape index (κ1) is 12.3. The lowest BCUT2D eigenvalue weighted by Gasteiger charge is -2.05. The number of carbonyl (C=O) groups is 2. The van der Waals surface area contributed by atoms with Gasteiger partial charge in [-0.05, 0) is 18.2 Å². The van der Waals surface area contributed by atoms with Crippen molar-refractivity contribution in [3.05, 3.63) is 29.3 Å². The summed E-state index contributed by atoms with van der Waals surface area (Å²) in [7, 11) is 0. The molecule has 0 saturated carbocycles. The van der Waals surface area contributed by atoms with Gasteiger partial charge in [0.15, 0.2) is 0 Å². The molecule has 1 aromatic carbocycles. The normalized spacial score (nSPS) is 17.4. The monoisotopic (exact) mass is 270 g/mol. The minimum atomic E-state index is -0.669. The Hall–Kier alpha value is -1.20. The molecule has 0 spiro atoms. The number of carbonyl (C=O) groups excluding carboxylic acids is 2. The molecule has 2 amide bonds. The summed E-state index contributed by atoms with van der Waals surface area (Å²) in [4.78, 5) is 22.9. The number of amides is 2. The minimum Gasteiger partial charge on any atom is -0.347 e. The quantitative estimate of drug-likeness (QED) is 0.647. The lowest BCUT2D eigenvalue weighted by atomic mass is 10.3. The zero-order valence-electron chi connectivity index (χ0n) is 8.90. The van der Waals surface area contributed by atoms with Crippen LogP contribution >= 0.6 is 23.4 Å². The van der Waals surface area contributed by atoms with Gasteiger partial charge >= 0.3 is 11.8 Å². The predicted octanol–water partition coefficient (Wildman–Crippen LogP) is 1.51. The van der Waals surface area contributed by atoms with Crippen LogP contribution in [0.2, 0.25) is 5.02 Å². The van der Waals surface area contributed by atoms with Gasteiger partial charge in [-0.3, -0.25) is 9.59 Å². The number of halogens is 1. The minimum absolute atomic E-state index is 0.470. The molecule has 0 radical (unpaired) electrons. The number of hydrogen-bond donors (Lipinski definition) is 2. The van der Waals surface area contributed by atoms with Crippen molar-refractivity contribution in [1.29, 1.82) is 0 Å². The molecular formula is C11H11ClN2O2S. The van der Waals surface area contributed by atoms with Gasteiger partial charge in [-0.2, -0.15) is 11.8 Å². The van der Waals surface area contributed by atoms with Crippen molar-refractivity contribution >= 4 is 40.9 Å². The number of thioether (sulfide) groups is 1. The molecule has 1 fully saturated rings. The van der Waals surface area contributed by atoms with E-state index in [0.717, 1.165) is 5.75 Å². The summed E-state index contributed by atoms with van der Waals surface area (Å²) in [6.45, 7) is 0.548. The molecule has 0 bridgehead atoms. The second-order valence-electron chi connectivity index (χ2n) is 3.63. The standard InChI is InChI=1S/C11H11ClN2O2S/c12-7-2-1-3-8(4-7)14-11(16)10(15)13-5-9-6-17-9/h1-4,9H,5-6H2,(H,13,15)(H,14,16)/t9-/m0/s1. The number of benzene rings is 1. The van der Waals surface area contributed by atoms with Crippen LogP contribution in [-0.4, -0.2) is 29.4 Å². The Balaban J connectivity index is 1.84. The molecule has 1 aliphatic rings. The van der Waals surface area contributed by atoms with Crippen LogP contribution in [-0.2, 0) is 9.59 Å². The fraction of sp³-hybridized carbons (Fsp3) is 0.273. The van der Waals surface area contributed by atoms with E-state index in [9.17, 15) is 9.59 Å². The molecule has 6 heteroatoms. The van der Waals surface area contributed by atoms with Gasteiger partial charge in [0, 0.05) is 28.3 Å². The second-order valence-corrected chi connectivity index (χ2v) is 5.40. The lowest BCUT2D eigenvalue weighted by Crippen LogP contribution is -2.37. The van der Waals surface area contributed by atoms with Gasteiger partial charge in [0.25, 0.3) is 0 Å². The molecule has 1 heterocycles. The summed E-state index contributed by atoms with van der Waals surface area (Å²) < 4.78 is 0. The average molecular weight is 271 g/mol. The number of hydrogen-bond acceptors (Lipinski definition) is 3. The van der Waals surface area contributed by atoms with Gasteiger partial charge in [-0.1, -0.05) is 17.7 Å². The molecule has 90 valence electrons. The van der Waals surface area contributed by atoms with Gasteiger partial charge in [0.2, 0.25) is 0 Å². The summed E-state index contributed by atoms with van der Waals surface area (Å²) in [5, 5.41) is 6.04. The number of anilines is 1. The summed E-state index contributed by atoms with van der Waals surface area (Å²) >= 11 is 7.53. The molecule has 0 unspecified atom stereocenters. The topological polar surface area (TPSA) is 58.2 Å². The highest BCUT2D eigenvalue weighted by Crippen LogP contribution is 2.28. The molecule has 1 aliphatic heterocycles. The van der Waals surface area contributed by atoms with E-state index in [0.29, 0.717) is 22.5 Å². The van der Waals surface area contributed by atoms with Crippen LogP contribution < -0.4 is 10.6 Å². The van der Waals surface area contributed by atoms with E-state index in [-0.39, 0.29) is 0 Å². The van der Waals surface area contributed by atoms with Crippen molar-refractivity contribution in [2.24, 2.45) is 0 Å². The van der Waals surface area contributed by atoms with E-state index in [1.807, 2.05) is 0 Å². The fourth-order valence-electron chi connectivity index (χ4n) is 1.23. The fourth-order valence-corrected chi connectivity index (χ4v) is 1.87. The first-order valence-electron chi connectivity index (χ1n) is 5.11. The van der Waals surface area contributed by atoms with E-state index >= 15 is 0 Å². The van der Waals surface area contributed by atoms with Gasteiger partial charge in [-0.15, -0.1) is 0 Å². The van der Waals surface area contributed by atoms with E-state index in [1.165, 1.54) is 0 Å². The highest BCUT2D eigenvalue weighted by Gasteiger charge is 2.24. The van der Waals surface area contributed by atoms with Gasteiger partial charge in [0.1, 0.15) is 0 Å². The molecule has 0 aliphatic carbocycles. The first-order valence-corrected chi connectivity index (χ1v) is 6.54. The van der Waals surface area contributed by atoms with E-state index < -0.39 is 11.8 Å². The smallest absolute Gasteiger partial charge is 0.313 e. The Morgan fingerprint density at radius 3 is 2.82 bits per heavy atom. The molecule has 2 N–H and O–H groups in total. The highest BCUT2D eigenvalue weighted by atomic mass is 35.5. The van der Waals surface area contributed by atoms with Crippen LogP contribution in [0, 0.1) is 0 Å². The Labute approximate surface area is 108 Å².